The number of ether oxygens (including phenoxy) is 1. The lowest BCUT2D eigenvalue weighted by Crippen LogP contribution is -2.57. The number of rotatable bonds is 13. The van der Waals surface area contributed by atoms with Gasteiger partial charge in [0.1, 0.15) is 11.8 Å². The maximum absolute atomic E-state index is 14.4. The van der Waals surface area contributed by atoms with Gasteiger partial charge in [0.25, 0.3) is 0 Å². The summed E-state index contributed by atoms with van der Waals surface area (Å²) in [6, 6.07) is 6.56. The molecule has 8 nitrogen and oxygen atoms in total. The Morgan fingerprint density at radius 3 is 2.48 bits per heavy atom. The molecule has 3 amide bonds. The van der Waals surface area contributed by atoms with Gasteiger partial charge in [-0.3, -0.25) is 14.4 Å². The number of fused-ring (bicyclic) bond motifs is 1. The summed E-state index contributed by atoms with van der Waals surface area (Å²) in [6.07, 6.45) is 4.35. The zero-order valence-corrected chi connectivity index (χ0v) is 25.9. The number of anilines is 1. The standard InChI is InChI=1S/C30H40BrN3O5S/c1-6-14-32(19(4)5)29(38)26-30-18-22(31)25(40-30)23(24(30)28(37)34(26)16-9-17-35)27(36)33(15-7-2)20-10-12-21(13-11-20)39-8-3/h6-7,10-13,19,22-26,35H,1-2,8-9,14-18H2,3-5H3/t22?,23-,24-,25-,26?,30?/m0/s1. The number of amides is 3. The van der Waals surface area contributed by atoms with E-state index in [1.165, 1.54) is 0 Å². The van der Waals surface area contributed by atoms with Crippen molar-refractivity contribution >= 4 is 51.1 Å². The van der Waals surface area contributed by atoms with Crippen LogP contribution in [0, 0.1) is 11.8 Å². The Kier molecular flexibility index (Phi) is 9.73. The molecule has 1 spiro atoms. The van der Waals surface area contributed by atoms with E-state index >= 15 is 0 Å². The van der Waals surface area contributed by atoms with Crippen LogP contribution in [0.1, 0.15) is 33.6 Å². The highest BCUT2D eigenvalue weighted by molar-refractivity contribution is 9.09. The summed E-state index contributed by atoms with van der Waals surface area (Å²) in [5, 5.41) is 9.45. The first-order valence-corrected chi connectivity index (χ1v) is 15.8. The zero-order valence-electron chi connectivity index (χ0n) is 23.5. The van der Waals surface area contributed by atoms with Crippen LogP contribution in [-0.2, 0) is 14.4 Å². The summed E-state index contributed by atoms with van der Waals surface area (Å²) in [7, 11) is 0. The summed E-state index contributed by atoms with van der Waals surface area (Å²) in [6.45, 7) is 14.9. The van der Waals surface area contributed by atoms with Crippen molar-refractivity contribution in [1.29, 1.82) is 0 Å². The number of benzene rings is 1. The van der Waals surface area contributed by atoms with Crippen LogP contribution in [0.5, 0.6) is 5.75 Å². The molecular weight excluding hydrogens is 594 g/mol. The van der Waals surface area contributed by atoms with E-state index < -0.39 is 22.6 Å². The lowest BCUT2D eigenvalue weighted by Gasteiger charge is -2.39. The van der Waals surface area contributed by atoms with Crippen LogP contribution < -0.4 is 9.64 Å². The summed E-state index contributed by atoms with van der Waals surface area (Å²) in [4.78, 5) is 47.9. The molecule has 3 heterocycles. The number of thioether (sulfide) groups is 1. The molecule has 218 valence electrons. The van der Waals surface area contributed by atoms with E-state index in [0.29, 0.717) is 44.0 Å². The van der Waals surface area contributed by atoms with Crippen LogP contribution in [0.4, 0.5) is 5.69 Å². The third-order valence-electron chi connectivity index (χ3n) is 8.13. The predicted octanol–water partition coefficient (Wildman–Crippen LogP) is 3.87. The summed E-state index contributed by atoms with van der Waals surface area (Å²) in [5.41, 5.74) is 0.702. The van der Waals surface area contributed by atoms with Gasteiger partial charge in [-0.15, -0.1) is 24.9 Å². The molecule has 3 saturated heterocycles. The number of aliphatic hydroxyl groups excluding tert-OH is 1. The smallest absolute Gasteiger partial charge is 0.247 e. The fourth-order valence-corrected chi connectivity index (χ4v) is 10.1. The van der Waals surface area contributed by atoms with Crippen LogP contribution >= 0.6 is 27.7 Å². The molecule has 6 atom stereocenters. The first-order valence-electron chi connectivity index (χ1n) is 14.0. The second kappa shape index (κ2) is 12.7. The molecular formula is C30H40BrN3O5S. The van der Waals surface area contributed by atoms with E-state index in [1.54, 1.807) is 38.6 Å². The molecule has 40 heavy (non-hydrogen) atoms. The van der Waals surface area contributed by atoms with Gasteiger partial charge in [0.15, 0.2) is 0 Å². The van der Waals surface area contributed by atoms with Crippen molar-refractivity contribution in [3.05, 3.63) is 49.6 Å². The topological polar surface area (TPSA) is 90.4 Å². The molecule has 0 aliphatic carbocycles. The molecule has 1 aromatic carbocycles. The van der Waals surface area contributed by atoms with Crippen molar-refractivity contribution < 1.29 is 24.2 Å². The molecule has 3 aliphatic heterocycles. The van der Waals surface area contributed by atoms with Crippen LogP contribution in [0.15, 0.2) is 49.6 Å². The van der Waals surface area contributed by atoms with E-state index in [2.05, 4.69) is 29.1 Å². The molecule has 3 fully saturated rings. The molecule has 0 radical (unpaired) electrons. The highest BCUT2D eigenvalue weighted by Crippen LogP contribution is 2.68. The minimum atomic E-state index is -0.740. The summed E-state index contributed by atoms with van der Waals surface area (Å²) in [5.74, 6) is -0.972. The number of hydrogen-bond donors (Lipinski definition) is 1. The maximum Gasteiger partial charge on any atom is 0.247 e. The van der Waals surface area contributed by atoms with E-state index in [9.17, 15) is 19.5 Å². The lowest BCUT2D eigenvalue weighted by atomic mass is 9.70. The number of carbonyl (C=O) groups is 3. The Labute approximate surface area is 249 Å². The Hall–Kier alpha value is -2.30. The van der Waals surface area contributed by atoms with Gasteiger partial charge in [-0.1, -0.05) is 28.1 Å². The monoisotopic (exact) mass is 633 g/mol. The Balaban J connectivity index is 1.75. The second-order valence-electron chi connectivity index (χ2n) is 10.8. The van der Waals surface area contributed by atoms with Crippen LogP contribution in [0.2, 0.25) is 0 Å². The largest absolute Gasteiger partial charge is 0.494 e. The van der Waals surface area contributed by atoms with Gasteiger partial charge < -0.3 is 24.5 Å². The lowest BCUT2D eigenvalue weighted by molar-refractivity contribution is -0.143. The molecule has 4 rings (SSSR count). The molecule has 3 unspecified atom stereocenters. The Bertz CT molecular complexity index is 1130. The number of alkyl halides is 1. The summed E-state index contributed by atoms with van der Waals surface area (Å²) < 4.78 is 4.83. The van der Waals surface area contributed by atoms with Gasteiger partial charge in [-0.25, -0.2) is 0 Å². The quantitative estimate of drug-likeness (QED) is 0.262. The van der Waals surface area contributed by atoms with E-state index in [4.69, 9.17) is 4.74 Å². The number of nitrogens with zero attached hydrogens (tertiary/aromatic N) is 3. The third-order valence-corrected chi connectivity index (χ3v) is 11.4. The number of carbonyl (C=O) groups excluding carboxylic acids is 3. The molecule has 0 saturated carbocycles. The number of likely N-dealkylation sites (tertiary alicyclic amines) is 1. The van der Waals surface area contributed by atoms with Crippen molar-refractivity contribution in [3.63, 3.8) is 0 Å². The molecule has 3 aliphatic rings. The molecule has 1 aromatic rings. The highest BCUT2D eigenvalue weighted by atomic mass is 79.9. The van der Waals surface area contributed by atoms with E-state index in [-0.39, 0.29) is 47.0 Å². The highest BCUT2D eigenvalue weighted by Gasteiger charge is 2.76. The molecule has 1 N–H and O–H groups in total. The zero-order chi connectivity index (χ0) is 29.2. The number of hydrogen-bond acceptors (Lipinski definition) is 6. The van der Waals surface area contributed by atoms with Crippen molar-refractivity contribution in [1.82, 2.24) is 9.80 Å². The average molecular weight is 635 g/mol. The maximum atomic E-state index is 14.4. The van der Waals surface area contributed by atoms with Gasteiger partial charge in [0.2, 0.25) is 17.7 Å². The van der Waals surface area contributed by atoms with Crippen molar-refractivity contribution in [2.24, 2.45) is 11.8 Å². The third kappa shape index (κ3) is 5.23. The van der Waals surface area contributed by atoms with Crippen molar-refractivity contribution in [2.45, 2.75) is 60.5 Å². The van der Waals surface area contributed by atoms with Crippen LogP contribution in [0.3, 0.4) is 0 Å². The molecule has 2 bridgehead atoms. The first kappa shape index (κ1) is 30.7. The minimum absolute atomic E-state index is 0.0265. The van der Waals surface area contributed by atoms with Gasteiger partial charge in [-0.05, 0) is 57.9 Å². The van der Waals surface area contributed by atoms with Gasteiger partial charge in [-0.2, -0.15) is 0 Å². The minimum Gasteiger partial charge on any atom is -0.494 e. The average Bonchev–Trinajstić information content (AvgIpc) is 3.52. The van der Waals surface area contributed by atoms with E-state index in [1.807, 2.05) is 45.0 Å². The molecule has 10 heteroatoms. The normalized spacial score (nSPS) is 28.5. The molecule has 0 aromatic heterocycles. The first-order chi connectivity index (χ1) is 19.2. The van der Waals surface area contributed by atoms with Gasteiger partial charge >= 0.3 is 0 Å². The second-order valence-corrected chi connectivity index (χ2v) is 13.5. The predicted molar refractivity (Wildman–Crippen MR) is 163 cm³/mol. The van der Waals surface area contributed by atoms with Crippen LogP contribution in [0.25, 0.3) is 0 Å². The Morgan fingerprint density at radius 2 is 1.90 bits per heavy atom. The SMILES string of the molecule is C=CCN(C(=O)[C@H]1[C@H]2C(=O)N(CCCO)C(C(=O)N(CC=C)C(C)C)C23CC(Br)[C@@H]1S3)c1ccc(OCC)cc1. The fourth-order valence-electron chi connectivity index (χ4n) is 6.54. The van der Waals surface area contributed by atoms with Crippen LogP contribution in [-0.4, -0.2) is 92.4 Å². The van der Waals surface area contributed by atoms with Gasteiger partial charge in [0, 0.05) is 48.0 Å². The summed E-state index contributed by atoms with van der Waals surface area (Å²) >= 11 is 5.45. The fraction of sp³-hybridized carbons (Fsp3) is 0.567. The van der Waals surface area contributed by atoms with E-state index in [0.717, 1.165) is 0 Å². The van der Waals surface area contributed by atoms with Crippen molar-refractivity contribution in [3.8, 4) is 5.75 Å². The van der Waals surface area contributed by atoms with Crippen molar-refractivity contribution in [2.75, 3.05) is 37.7 Å². The Morgan fingerprint density at radius 1 is 1.23 bits per heavy atom. The van der Waals surface area contributed by atoms with Gasteiger partial charge in [0.05, 0.1) is 23.2 Å². The number of aliphatic hydroxyl groups is 1. The number of halogens is 1.